The number of piperidine rings is 1. The molecule has 0 saturated carbocycles. The van der Waals surface area contributed by atoms with E-state index in [1.807, 2.05) is 31.2 Å². The highest BCUT2D eigenvalue weighted by atomic mass is 19.1. The first-order valence-electron chi connectivity index (χ1n) is 12.3. The molecule has 1 atom stereocenters. The van der Waals surface area contributed by atoms with E-state index in [9.17, 15) is 9.59 Å². The number of pyridine rings is 1. The topological polar surface area (TPSA) is 109 Å². The smallest absolute Gasteiger partial charge is 0.356 e. The number of esters is 1. The number of fused-ring (bicyclic) bond motifs is 1. The third-order valence-electron chi connectivity index (χ3n) is 6.57. The highest BCUT2D eigenvalue weighted by Crippen LogP contribution is 2.32. The van der Waals surface area contributed by atoms with Crippen LogP contribution in [0.5, 0.6) is 0 Å². The molecule has 4 aromatic rings. The molecule has 0 unspecified atom stereocenters. The van der Waals surface area contributed by atoms with Gasteiger partial charge in [0.15, 0.2) is 5.69 Å². The first kappa shape index (κ1) is 25.2. The highest BCUT2D eigenvalue weighted by molar-refractivity contribution is 6.11. The number of nitrogens with one attached hydrogen (secondary N) is 2. The fourth-order valence-electron chi connectivity index (χ4n) is 4.72. The molecular formula is C28H27FN6O3. The van der Waals surface area contributed by atoms with Crippen LogP contribution in [0.3, 0.4) is 0 Å². The van der Waals surface area contributed by atoms with Crippen LogP contribution in [0.15, 0.2) is 60.9 Å². The van der Waals surface area contributed by atoms with Crippen LogP contribution in [0.4, 0.5) is 21.8 Å². The van der Waals surface area contributed by atoms with Crippen molar-refractivity contribution >= 4 is 40.1 Å². The lowest BCUT2D eigenvalue weighted by Crippen LogP contribution is -2.49. The summed E-state index contributed by atoms with van der Waals surface area (Å²) in [6.07, 6.45) is 4.75. The van der Waals surface area contributed by atoms with E-state index in [1.54, 1.807) is 17.2 Å². The van der Waals surface area contributed by atoms with E-state index >= 15 is 4.39 Å². The number of hydrogen-bond acceptors (Lipinski definition) is 8. The van der Waals surface area contributed by atoms with Gasteiger partial charge < -0.3 is 15.4 Å². The number of carbonyl (C=O) groups is 2. The zero-order valence-electron chi connectivity index (χ0n) is 21.1. The minimum Gasteiger partial charge on any atom is -0.464 e. The van der Waals surface area contributed by atoms with Gasteiger partial charge in [-0.05, 0) is 67.6 Å². The number of aromatic nitrogens is 3. The molecule has 0 radical (unpaired) electrons. The van der Waals surface area contributed by atoms with Gasteiger partial charge in [-0.2, -0.15) is 0 Å². The number of carbonyl (C=O) groups excluding carboxylic acids is 2. The third-order valence-corrected chi connectivity index (χ3v) is 6.57. The number of aryl methyl sites for hydroxylation is 1. The molecule has 2 aromatic carbocycles. The van der Waals surface area contributed by atoms with Crippen molar-refractivity contribution in [2.75, 3.05) is 30.4 Å². The number of benzene rings is 2. The normalized spacial score (nSPS) is 15.2. The van der Waals surface area contributed by atoms with Crippen molar-refractivity contribution in [1.82, 2.24) is 20.3 Å². The lowest BCUT2D eigenvalue weighted by molar-refractivity contribution is 0.0594. The molecular weight excluding hydrogens is 487 g/mol. The van der Waals surface area contributed by atoms with Crippen molar-refractivity contribution in [3.8, 4) is 0 Å². The highest BCUT2D eigenvalue weighted by Gasteiger charge is 2.31. The number of halogens is 1. The number of rotatable bonds is 6. The van der Waals surface area contributed by atoms with Crippen LogP contribution in [0, 0.1) is 12.7 Å². The first-order valence-corrected chi connectivity index (χ1v) is 12.3. The summed E-state index contributed by atoms with van der Waals surface area (Å²) in [6.45, 7) is 3.44. The first-order chi connectivity index (χ1) is 18.5. The lowest BCUT2D eigenvalue weighted by atomic mass is 10.0. The molecule has 9 nitrogen and oxygen atoms in total. The standard InChI is InChI=1S/C28H27FN6O3/c1-17-5-3-6-18-10-13-31-25(24(17)18)35(20-7-4-12-30-16-20)26(36)21-9-8-19(15-22(21)29)33-28-32-14-11-23(34-28)27(37)38-2/h3,5-6,8-11,13-15,20,30H,4,7,12,16H2,1-2H3,(H,32,33,34)/t20-/m1/s1. The molecule has 2 aromatic heterocycles. The fraction of sp³-hybridized carbons (Fsp3) is 0.250. The van der Waals surface area contributed by atoms with E-state index in [1.165, 1.54) is 31.5 Å². The maximum absolute atomic E-state index is 15.5. The molecule has 3 heterocycles. The minimum absolute atomic E-state index is 0.0619. The Balaban J connectivity index is 1.49. The predicted octanol–water partition coefficient (Wildman–Crippen LogP) is 4.40. The Bertz CT molecular complexity index is 1500. The van der Waals surface area contributed by atoms with E-state index in [0.29, 0.717) is 18.1 Å². The van der Waals surface area contributed by atoms with Crippen LogP contribution in [0.25, 0.3) is 10.8 Å². The average molecular weight is 515 g/mol. The van der Waals surface area contributed by atoms with E-state index in [0.717, 1.165) is 35.7 Å². The van der Waals surface area contributed by atoms with Crippen LogP contribution < -0.4 is 15.5 Å². The summed E-state index contributed by atoms with van der Waals surface area (Å²) in [5, 5.41) is 8.05. The number of anilines is 3. The van der Waals surface area contributed by atoms with Crippen molar-refractivity contribution in [3.63, 3.8) is 0 Å². The van der Waals surface area contributed by atoms with Crippen LogP contribution in [-0.4, -0.2) is 53.1 Å². The Morgan fingerprint density at radius 2 is 1.97 bits per heavy atom. The Kier molecular flexibility index (Phi) is 7.23. The zero-order chi connectivity index (χ0) is 26.6. The molecule has 10 heteroatoms. The summed E-state index contributed by atoms with van der Waals surface area (Å²) >= 11 is 0. The summed E-state index contributed by atoms with van der Waals surface area (Å²) in [5.74, 6) is -1.16. The van der Waals surface area contributed by atoms with Gasteiger partial charge in [-0.15, -0.1) is 0 Å². The second kappa shape index (κ2) is 10.9. The van der Waals surface area contributed by atoms with Crippen LogP contribution >= 0.6 is 0 Å². The molecule has 38 heavy (non-hydrogen) atoms. The molecule has 1 saturated heterocycles. The quantitative estimate of drug-likeness (QED) is 0.365. The van der Waals surface area contributed by atoms with Gasteiger partial charge in [-0.3, -0.25) is 9.69 Å². The average Bonchev–Trinajstić information content (AvgIpc) is 2.93. The summed E-state index contributed by atoms with van der Waals surface area (Å²) in [4.78, 5) is 40.1. The van der Waals surface area contributed by atoms with Gasteiger partial charge in [-0.25, -0.2) is 24.1 Å². The molecule has 1 fully saturated rings. The molecule has 0 bridgehead atoms. The van der Waals surface area contributed by atoms with E-state index in [-0.39, 0.29) is 23.2 Å². The van der Waals surface area contributed by atoms with Crippen LogP contribution in [0.1, 0.15) is 39.3 Å². The largest absolute Gasteiger partial charge is 0.464 e. The number of nitrogens with zero attached hydrogens (tertiary/aromatic N) is 4. The Hall–Kier alpha value is -4.44. The van der Waals surface area contributed by atoms with Gasteiger partial charge in [-0.1, -0.05) is 18.2 Å². The molecule has 5 rings (SSSR count). The molecule has 0 aliphatic carbocycles. The molecule has 2 N–H and O–H groups in total. The Morgan fingerprint density at radius 1 is 1.13 bits per heavy atom. The lowest BCUT2D eigenvalue weighted by Gasteiger charge is -2.35. The molecule has 194 valence electrons. The maximum Gasteiger partial charge on any atom is 0.356 e. The summed E-state index contributed by atoms with van der Waals surface area (Å²) in [5.41, 5.74) is 1.30. The molecule has 0 spiro atoms. The number of hydrogen-bond donors (Lipinski definition) is 2. The van der Waals surface area contributed by atoms with Gasteiger partial charge in [0, 0.05) is 30.0 Å². The third kappa shape index (κ3) is 5.03. The van der Waals surface area contributed by atoms with Gasteiger partial charge in [0.2, 0.25) is 5.95 Å². The van der Waals surface area contributed by atoms with Gasteiger partial charge in [0.05, 0.1) is 18.7 Å². The van der Waals surface area contributed by atoms with E-state index < -0.39 is 17.7 Å². The van der Waals surface area contributed by atoms with E-state index in [2.05, 4.69) is 30.3 Å². The Morgan fingerprint density at radius 3 is 2.74 bits per heavy atom. The van der Waals surface area contributed by atoms with Gasteiger partial charge in [0.1, 0.15) is 11.6 Å². The minimum atomic E-state index is -0.699. The van der Waals surface area contributed by atoms with Gasteiger partial charge >= 0.3 is 5.97 Å². The van der Waals surface area contributed by atoms with Crippen molar-refractivity contribution in [1.29, 1.82) is 0 Å². The van der Waals surface area contributed by atoms with Crippen molar-refractivity contribution in [2.45, 2.75) is 25.8 Å². The fourth-order valence-corrected chi connectivity index (χ4v) is 4.72. The zero-order valence-corrected chi connectivity index (χ0v) is 21.1. The summed E-state index contributed by atoms with van der Waals surface area (Å²) < 4.78 is 20.1. The monoisotopic (exact) mass is 514 g/mol. The number of methoxy groups -OCH3 is 1. The molecule has 1 amide bonds. The van der Waals surface area contributed by atoms with Crippen molar-refractivity contribution < 1.29 is 18.7 Å². The van der Waals surface area contributed by atoms with Crippen molar-refractivity contribution in [2.24, 2.45) is 0 Å². The SMILES string of the molecule is COC(=O)c1ccnc(Nc2ccc(C(=O)N(c3nccc4cccc(C)c34)[C@@H]3CCCNC3)c(F)c2)n1. The predicted molar refractivity (Wildman–Crippen MR) is 142 cm³/mol. The second-order valence-electron chi connectivity index (χ2n) is 9.06. The Labute approximate surface area is 219 Å². The second-order valence-corrected chi connectivity index (χ2v) is 9.06. The maximum atomic E-state index is 15.5. The van der Waals surface area contributed by atoms with Crippen LogP contribution in [-0.2, 0) is 4.74 Å². The van der Waals surface area contributed by atoms with Crippen LogP contribution in [0.2, 0.25) is 0 Å². The molecule has 1 aliphatic rings. The molecule has 1 aliphatic heterocycles. The van der Waals surface area contributed by atoms with Gasteiger partial charge in [0.25, 0.3) is 5.91 Å². The summed E-state index contributed by atoms with van der Waals surface area (Å²) in [6, 6.07) is 13.3. The van der Waals surface area contributed by atoms with Crippen molar-refractivity contribution in [3.05, 3.63) is 83.6 Å². The summed E-state index contributed by atoms with van der Waals surface area (Å²) in [7, 11) is 1.25. The number of amides is 1. The van der Waals surface area contributed by atoms with E-state index in [4.69, 9.17) is 0 Å². The number of ether oxygens (including phenoxy) is 1.